The van der Waals surface area contributed by atoms with E-state index in [2.05, 4.69) is 231 Å². The van der Waals surface area contributed by atoms with Crippen LogP contribution in [0, 0.1) is 0 Å². The van der Waals surface area contributed by atoms with Gasteiger partial charge in [-0.05, 0) is 139 Å². The van der Waals surface area contributed by atoms with Gasteiger partial charge in [-0.2, -0.15) is 0 Å². The van der Waals surface area contributed by atoms with Crippen molar-refractivity contribution in [2.75, 3.05) is 14.6 Å². The number of benzene rings is 7. The van der Waals surface area contributed by atoms with Crippen LogP contribution in [0.4, 0.5) is 45.5 Å². The zero-order valence-electron chi connectivity index (χ0n) is 39.4. The highest BCUT2D eigenvalue weighted by Crippen LogP contribution is 2.59. The van der Waals surface area contributed by atoms with Crippen LogP contribution in [0.15, 0.2) is 133 Å². The summed E-state index contributed by atoms with van der Waals surface area (Å²) in [6.07, 6.45) is 0. The first-order chi connectivity index (χ1) is 30.3. The normalized spacial score (nSPS) is 14.7. The molecule has 0 saturated carbocycles. The molecule has 7 aromatic rings. The number of hydrogen-bond acceptors (Lipinski definition) is 5. The standard InChI is InChI=1S/C58H58BN3O2/c1-55(2,3)35-22-25-40(26-23-35)61-46-34-47-51(63-49-21-17-16-20-44(49)60(47)39-18-14-13-15-19-39)33-43(46)59-53-41(28-37(30-48(53)61)57(7,8)9)42-29-38(58(10,11)12)32-52-54(42)62(59)45-27-24-36(56(4,5)6)31-50(45)64-52/h13-34H,1-12H3. The van der Waals surface area contributed by atoms with E-state index in [0.29, 0.717) is 0 Å². The van der Waals surface area contributed by atoms with E-state index < -0.39 is 0 Å². The van der Waals surface area contributed by atoms with Gasteiger partial charge in [0.05, 0.1) is 22.7 Å². The highest BCUT2D eigenvalue weighted by atomic mass is 16.5. The van der Waals surface area contributed by atoms with Crippen molar-refractivity contribution >= 4 is 63.3 Å². The summed E-state index contributed by atoms with van der Waals surface area (Å²) in [5.41, 5.74) is 18.4. The molecule has 320 valence electrons. The van der Waals surface area contributed by atoms with Gasteiger partial charge >= 0.3 is 6.85 Å². The second-order valence-electron chi connectivity index (χ2n) is 22.4. The molecule has 0 fully saturated rings. The molecule has 11 rings (SSSR count). The van der Waals surface area contributed by atoms with Crippen LogP contribution >= 0.6 is 0 Å². The Hall–Kier alpha value is -6.40. The van der Waals surface area contributed by atoms with Crippen molar-refractivity contribution in [2.45, 2.75) is 105 Å². The molecule has 4 aliphatic rings. The first-order valence-corrected chi connectivity index (χ1v) is 23.0. The van der Waals surface area contributed by atoms with E-state index in [4.69, 9.17) is 9.47 Å². The molecule has 7 aromatic carbocycles. The maximum Gasteiger partial charge on any atom is 0.333 e. The molecule has 0 radical (unpaired) electrons. The average Bonchev–Trinajstić information content (AvgIpc) is 3.24. The van der Waals surface area contributed by atoms with Crippen molar-refractivity contribution in [1.82, 2.24) is 0 Å². The van der Waals surface area contributed by atoms with Crippen LogP contribution in [0.5, 0.6) is 23.0 Å². The summed E-state index contributed by atoms with van der Waals surface area (Å²) in [6.45, 7) is 27.4. The third kappa shape index (κ3) is 6.19. The number of para-hydroxylation sites is 3. The van der Waals surface area contributed by atoms with Gasteiger partial charge in [-0.1, -0.05) is 138 Å². The molecule has 0 unspecified atom stereocenters. The molecule has 0 bridgehead atoms. The molecular formula is C58H58BN3O2. The SMILES string of the molecule is CC(C)(C)c1ccc(N2c3cc4c(cc3B3c5c(cc(C(C)(C)C)cc52)-c2cc(C(C)(C)C)cc5c2N3c2ccc(C(C)(C)C)cc2O5)Oc2ccccc2N4c2ccccc2)cc1. The van der Waals surface area contributed by atoms with Crippen molar-refractivity contribution in [3.05, 3.63) is 156 Å². The van der Waals surface area contributed by atoms with Crippen molar-refractivity contribution in [1.29, 1.82) is 0 Å². The molecule has 0 aromatic heterocycles. The van der Waals surface area contributed by atoms with Crippen LogP contribution in [-0.2, 0) is 21.7 Å². The fraction of sp³-hybridized carbons (Fsp3) is 0.276. The van der Waals surface area contributed by atoms with E-state index in [0.717, 1.165) is 62.8 Å². The van der Waals surface area contributed by atoms with Crippen LogP contribution < -0.4 is 35.0 Å². The zero-order chi connectivity index (χ0) is 44.8. The van der Waals surface area contributed by atoms with Gasteiger partial charge in [0.1, 0.15) is 5.75 Å². The van der Waals surface area contributed by atoms with Gasteiger partial charge < -0.3 is 24.1 Å². The summed E-state index contributed by atoms with van der Waals surface area (Å²) in [5, 5.41) is 0. The van der Waals surface area contributed by atoms with E-state index in [1.165, 1.54) is 50.0 Å². The maximum atomic E-state index is 7.18. The lowest BCUT2D eigenvalue weighted by atomic mass is 9.43. The summed E-state index contributed by atoms with van der Waals surface area (Å²) < 4.78 is 14.2. The lowest BCUT2D eigenvalue weighted by molar-refractivity contribution is 0.470. The van der Waals surface area contributed by atoms with Crippen LogP contribution in [0.25, 0.3) is 11.1 Å². The van der Waals surface area contributed by atoms with Crippen molar-refractivity contribution in [3.8, 4) is 34.1 Å². The van der Waals surface area contributed by atoms with Crippen LogP contribution in [0.3, 0.4) is 0 Å². The molecule has 64 heavy (non-hydrogen) atoms. The van der Waals surface area contributed by atoms with Crippen molar-refractivity contribution < 1.29 is 9.47 Å². The highest BCUT2D eigenvalue weighted by molar-refractivity contribution is 6.94. The molecule has 5 nitrogen and oxygen atoms in total. The Morgan fingerprint density at radius 2 is 0.922 bits per heavy atom. The fourth-order valence-electron chi connectivity index (χ4n) is 10.1. The summed E-state index contributed by atoms with van der Waals surface area (Å²) >= 11 is 0. The van der Waals surface area contributed by atoms with Crippen molar-refractivity contribution in [2.24, 2.45) is 0 Å². The largest absolute Gasteiger partial charge is 0.453 e. The molecule has 0 amide bonds. The minimum atomic E-state index is -0.203. The van der Waals surface area contributed by atoms with Crippen LogP contribution in [0.2, 0.25) is 0 Å². The van der Waals surface area contributed by atoms with Gasteiger partial charge in [0.15, 0.2) is 17.2 Å². The van der Waals surface area contributed by atoms with Gasteiger partial charge in [0.25, 0.3) is 0 Å². The van der Waals surface area contributed by atoms with E-state index in [1.54, 1.807) is 0 Å². The Morgan fingerprint density at radius 3 is 1.61 bits per heavy atom. The Labute approximate surface area is 380 Å². The van der Waals surface area contributed by atoms with Crippen molar-refractivity contribution in [3.63, 3.8) is 0 Å². The summed E-state index contributed by atoms with van der Waals surface area (Å²) in [6, 6.07) is 49.7. The Balaban J connectivity index is 1.27. The summed E-state index contributed by atoms with van der Waals surface area (Å²) in [4.78, 5) is 7.50. The zero-order valence-corrected chi connectivity index (χ0v) is 39.4. The first-order valence-electron chi connectivity index (χ1n) is 23.0. The molecule has 4 heterocycles. The number of nitrogens with zero attached hydrogens (tertiary/aromatic N) is 3. The molecule has 0 N–H and O–H groups in total. The second-order valence-corrected chi connectivity index (χ2v) is 22.4. The Bertz CT molecular complexity index is 3050. The lowest BCUT2D eigenvalue weighted by Gasteiger charge is -2.49. The molecular weight excluding hydrogens is 781 g/mol. The lowest BCUT2D eigenvalue weighted by Crippen LogP contribution is -2.62. The minimum Gasteiger partial charge on any atom is -0.453 e. The number of fused-ring (bicyclic) bond motifs is 8. The topological polar surface area (TPSA) is 28.2 Å². The Kier molecular flexibility index (Phi) is 8.56. The quantitative estimate of drug-likeness (QED) is 0.162. The Morgan fingerprint density at radius 1 is 0.375 bits per heavy atom. The highest BCUT2D eigenvalue weighted by Gasteiger charge is 2.50. The number of anilines is 8. The van der Waals surface area contributed by atoms with E-state index in [1.807, 2.05) is 0 Å². The van der Waals surface area contributed by atoms with Gasteiger partial charge in [-0.3, -0.25) is 0 Å². The second kappa shape index (κ2) is 13.6. The van der Waals surface area contributed by atoms with Gasteiger partial charge in [0, 0.05) is 28.3 Å². The summed E-state index contributed by atoms with van der Waals surface area (Å²) in [5.74, 6) is 3.44. The number of rotatable bonds is 2. The number of hydrogen-bond donors (Lipinski definition) is 0. The summed E-state index contributed by atoms with van der Waals surface area (Å²) in [7, 11) is 0. The smallest absolute Gasteiger partial charge is 0.333 e. The molecule has 0 spiro atoms. The van der Waals surface area contributed by atoms with E-state index in [-0.39, 0.29) is 28.5 Å². The third-order valence-electron chi connectivity index (χ3n) is 13.8. The monoisotopic (exact) mass is 839 g/mol. The molecule has 6 heteroatoms. The van der Waals surface area contributed by atoms with Gasteiger partial charge in [0.2, 0.25) is 0 Å². The fourth-order valence-corrected chi connectivity index (χ4v) is 10.1. The van der Waals surface area contributed by atoms with E-state index >= 15 is 0 Å². The first kappa shape index (κ1) is 40.4. The third-order valence-corrected chi connectivity index (χ3v) is 13.8. The van der Waals surface area contributed by atoms with Gasteiger partial charge in [-0.15, -0.1) is 0 Å². The predicted molar refractivity (Wildman–Crippen MR) is 270 cm³/mol. The minimum absolute atomic E-state index is 0.0114. The van der Waals surface area contributed by atoms with Crippen LogP contribution in [-0.4, -0.2) is 6.85 Å². The maximum absolute atomic E-state index is 7.18. The number of ether oxygens (including phenoxy) is 2. The molecule has 4 aliphatic heterocycles. The van der Waals surface area contributed by atoms with Gasteiger partial charge in [-0.25, -0.2) is 0 Å². The van der Waals surface area contributed by atoms with Crippen LogP contribution in [0.1, 0.15) is 105 Å². The molecule has 0 aliphatic carbocycles. The average molecular weight is 840 g/mol. The van der Waals surface area contributed by atoms with E-state index in [9.17, 15) is 0 Å². The molecule has 0 saturated heterocycles. The predicted octanol–water partition coefficient (Wildman–Crippen LogP) is 15.3. The molecule has 0 atom stereocenters.